The van der Waals surface area contributed by atoms with Crippen LogP contribution in [0.4, 0.5) is 0 Å². The molecule has 0 unspecified atom stereocenters. The second-order valence-corrected chi connectivity index (χ2v) is 7.26. The van der Waals surface area contributed by atoms with Crippen molar-refractivity contribution in [3.63, 3.8) is 0 Å². The fraction of sp³-hybridized carbons (Fsp3) is 0.625. The minimum Gasteiger partial charge on any atom is -0.299 e. The van der Waals surface area contributed by atoms with Crippen LogP contribution in [-0.4, -0.2) is 18.0 Å². The highest BCUT2D eigenvalue weighted by Crippen LogP contribution is 2.37. The lowest BCUT2D eigenvalue weighted by molar-refractivity contribution is 0.123. The molecule has 0 heterocycles. The molecule has 100 valence electrons. The Kier molecular flexibility index (Phi) is 4.50. The molecule has 1 aliphatic carbocycles. The maximum Gasteiger partial charge on any atom is 0.0244 e. The predicted octanol–water partition coefficient (Wildman–Crippen LogP) is 4.85. The first kappa shape index (κ1) is 14.1. The fourth-order valence-electron chi connectivity index (χ4n) is 2.85. The number of nitrogens with zero attached hydrogens (tertiary/aromatic N) is 1. The smallest absolute Gasteiger partial charge is 0.0244 e. The van der Waals surface area contributed by atoms with Crippen LogP contribution in [0.5, 0.6) is 0 Å². The van der Waals surface area contributed by atoms with Gasteiger partial charge in [0.2, 0.25) is 0 Å². The molecule has 2 rings (SSSR count). The number of rotatable bonds is 3. The topological polar surface area (TPSA) is 3.24 Å². The Morgan fingerprint density at radius 1 is 1.22 bits per heavy atom. The van der Waals surface area contributed by atoms with E-state index in [2.05, 4.69) is 66.0 Å². The van der Waals surface area contributed by atoms with E-state index in [4.69, 9.17) is 0 Å². The van der Waals surface area contributed by atoms with Gasteiger partial charge in [0.25, 0.3) is 0 Å². The zero-order valence-electron chi connectivity index (χ0n) is 11.7. The van der Waals surface area contributed by atoms with Crippen molar-refractivity contribution in [2.45, 2.75) is 52.1 Å². The van der Waals surface area contributed by atoms with Gasteiger partial charge in [-0.25, -0.2) is 0 Å². The maximum atomic E-state index is 3.64. The van der Waals surface area contributed by atoms with Gasteiger partial charge in [0.1, 0.15) is 0 Å². The Labute approximate surface area is 120 Å². The van der Waals surface area contributed by atoms with Crippen molar-refractivity contribution >= 4 is 15.9 Å². The van der Waals surface area contributed by atoms with Gasteiger partial charge in [0.05, 0.1) is 0 Å². The van der Waals surface area contributed by atoms with Gasteiger partial charge in [0.15, 0.2) is 0 Å². The molecule has 0 aliphatic heterocycles. The highest BCUT2D eigenvalue weighted by atomic mass is 79.9. The Bertz CT molecular complexity index is 390. The van der Waals surface area contributed by atoms with Crippen LogP contribution in [0.1, 0.15) is 45.1 Å². The van der Waals surface area contributed by atoms with Gasteiger partial charge in [0, 0.05) is 17.1 Å². The third-order valence-electron chi connectivity index (χ3n) is 4.31. The van der Waals surface area contributed by atoms with Crippen LogP contribution in [0.2, 0.25) is 0 Å². The second-order valence-electron chi connectivity index (χ2n) is 6.40. The van der Waals surface area contributed by atoms with E-state index >= 15 is 0 Å². The van der Waals surface area contributed by atoms with Crippen LogP contribution in [0.3, 0.4) is 0 Å². The highest BCUT2D eigenvalue weighted by molar-refractivity contribution is 9.10. The molecule has 0 radical (unpaired) electrons. The van der Waals surface area contributed by atoms with Crippen molar-refractivity contribution in [2.24, 2.45) is 5.41 Å². The summed E-state index contributed by atoms with van der Waals surface area (Å²) in [5, 5.41) is 0. The molecule has 0 amide bonds. The molecule has 2 heteroatoms. The van der Waals surface area contributed by atoms with Crippen LogP contribution in [0.15, 0.2) is 28.7 Å². The zero-order chi connectivity index (χ0) is 13.2. The monoisotopic (exact) mass is 309 g/mol. The molecule has 0 saturated heterocycles. The van der Waals surface area contributed by atoms with Crippen molar-refractivity contribution < 1.29 is 0 Å². The summed E-state index contributed by atoms with van der Waals surface area (Å²) >= 11 is 3.64. The summed E-state index contributed by atoms with van der Waals surface area (Å²) in [6, 6.07) is 9.31. The lowest BCUT2D eigenvalue weighted by Gasteiger charge is -2.38. The first-order chi connectivity index (χ1) is 8.48. The van der Waals surface area contributed by atoms with E-state index in [0.29, 0.717) is 5.41 Å². The van der Waals surface area contributed by atoms with Gasteiger partial charge in [-0.15, -0.1) is 0 Å². The Morgan fingerprint density at radius 3 is 2.44 bits per heavy atom. The van der Waals surface area contributed by atoms with Crippen LogP contribution in [0, 0.1) is 5.41 Å². The molecule has 0 aromatic heterocycles. The minimum atomic E-state index is 0.560. The zero-order valence-corrected chi connectivity index (χ0v) is 13.3. The quantitative estimate of drug-likeness (QED) is 0.771. The van der Waals surface area contributed by atoms with Crippen LogP contribution < -0.4 is 0 Å². The van der Waals surface area contributed by atoms with Crippen LogP contribution in [-0.2, 0) is 6.54 Å². The minimum absolute atomic E-state index is 0.560. The SMILES string of the molecule is CN(Cc1ccccc1Br)C1CCC(C)(C)CC1. The molecule has 1 nitrogen and oxygen atoms in total. The third-order valence-corrected chi connectivity index (χ3v) is 5.08. The first-order valence-corrected chi connectivity index (χ1v) is 7.71. The highest BCUT2D eigenvalue weighted by Gasteiger charge is 2.28. The molecule has 1 saturated carbocycles. The van der Waals surface area contributed by atoms with Crippen molar-refractivity contribution in [3.8, 4) is 0 Å². The third kappa shape index (κ3) is 3.58. The second kappa shape index (κ2) is 5.75. The summed E-state index contributed by atoms with van der Waals surface area (Å²) in [6.45, 7) is 5.85. The van der Waals surface area contributed by atoms with E-state index in [9.17, 15) is 0 Å². The van der Waals surface area contributed by atoms with E-state index < -0.39 is 0 Å². The van der Waals surface area contributed by atoms with E-state index in [-0.39, 0.29) is 0 Å². The van der Waals surface area contributed by atoms with Gasteiger partial charge >= 0.3 is 0 Å². The van der Waals surface area contributed by atoms with E-state index in [1.807, 2.05) is 0 Å². The van der Waals surface area contributed by atoms with Crippen molar-refractivity contribution in [1.82, 2.24) is 4.90 Å². The van der Waals surface area contributed by atoms with Crippen LogP contribution >= 0.6 is 15.9 Å². The predicted molar refractivity (Wildman–Crippen MR) is 81.6 cm³/mol. The van der Waals surface area contributed by atoms with Gasteiger partial charge < -0.3 is 0 Å². The van der Waals surface area contributed by atoms with Crippen LogP contribution in [0.25, 0.3) is 0 Å². The number of hydrogen-bond acceptors (Lipinski definition) is 1. The van der Waals surface area contributed by atoms with Crippen molar-refractivity contribution in [1.29, 1.82) is 0 Å². The Hall–Kier alpha value is -0.340. The van der Waals surface area contributed by atoms with Gasteiger partial charge in [-0.3, -0.25) is 4.90 Å². The lowest BCUT2D eigenvalue weighted by Crippen LogP contribution is -2.36. The van der Waals surface area contributed by atoms with E-state index in [1.165, 1.54) is 35.7 Å². The van der Waals surface area contributed by atoms with E-state index in [0.717, 1.165) is 12.6 Å². The summed E-state index contributed by atoms with van der Waals surface area (Å²) in [5.41, 5.74) is 1.95. The summed E-state index contributed by atoms with van der Waals surface area (Å²) in [4.78, 5) is 2.52. The average Bonchev–Trinajstić information content (AvgIpc) is 2.32. The molecule has 0 bridgehead atoms. The molecule has 0 atom stereocenters. The molecular weight excluding hydrogens is 286 g/mol. The van der Waals surface area contributed by atoms with Crippen molar-refractivity contribution in [2.75, 3.05) is 7.05 Å². The standard InChI is InChI=1S/C16H24BrN/c1-16(2)10-8-14(9-11-16)18(3)12-13-6-4-5-7-15(13)17/h4-7,14H,8-12H2,1-3H3. The molecule has 0 spiro atoms. The normalized spacial score (nSPS) is 20.3. The van der Waals surface area contributed by atoms with E-state index in [1.54, 1.807) is 0 Å². The summed E-state index contributed by atoms with van der Waals surface area (Å²) in [6.07, 6.45) is 5.40. The maximum absolute atomic E-state index is 3.64. The molecule has 1 aliphatic rings. The van der Waals surface area contributed by atoms with Gasteiger partial charge in [-0.2, -0.15) is 0 Å². The number of hydrogen-bond donors (Lipinski definition) is 0. The lowest BCUT2D eigenvalue weighted by atomic mass is 9.75. The largest absolute Gasteiger partial charge is 0.299 e. The molecule has 1 aromatic carbocycles. The fourth-order valence-corrected chi connectivity index (χ4v) is 3.26. The molecule has 1 fully saturated rings. The molecule has 18 heavy (non-hydrogen) atoms. The molecule has 1 aromatic rings. The summed E-state index contributed by atoms with van der Waals surface area (Å²) < 4.78 is 1.23. The van der Waals surface area contributed by atoms with Gasteiger partial charge in [-0.05, 0) is 49.8 Å². The number of halogens is 1. The molecule has 0 N–H and O–H groups in total. The Balaban J connectivity index is 1.93. The Morgan fingerprint density at radius 2 is 1.83 bits per heavy atom. The first-order valence-electron chi connectivity index (χ1n) is 6.92. The van der Waals surface area contributed by atoms with Crippen molar-refractivity contribution in [3.05, 3.63) is 34.3 Å². The summed E-state index contributed by atoms with van der Waals surface area (Å²) in [7, 11) is 2.27. The van der Waals surface area contributed by atoms with Gasteiger partial charge in [-0.1, -0.05) is 48.0 Å². The average molecular weight is 310 g/mol. The molecular formula is C16H24BrN. The number of benzene rings is 1. The summed E-state index contributed by atoms with van der Waals surface area (Å²) in [5.74, 6) is 0.